The van der Waals surface area contributed by atoms with Crippen LogP contribution in [0.4, 0.5) is 5.69 Å². The summed E-state index contributed by atoms with van der Waals surface area (Å²) in [6.45, 7) is 1.02. The first-order valence-corrected chi connectivity index (χ1v) is 7.27. The molecule has 2 rings (SSSR count). The molecule has 0 saturated carbocycles. The highest BCUT2D eigenvalue weighted by Gasteiger charge is 2.08. The standard InChI is InChI=1S/C16H16Cl2N2O/c1-20(10-12-5-3-2-4-6-12)11-16(21)19-13-7-8-14(17)15(18)9-13/h2-9H,10-11H2,1H3,(H,19,21). The zero-order chi connectivity index (χ0) is 15.2. The molecule has 0 unspecified atom stereocenters. The van der Waals surface area contributed by atoms with Crippen molar-refractivity contribution in [1.82, 2.24) is 4.90 Å². The first kappa shape index (κ1) is 15.8. The largest absolute Gasteiger partial charge is 0.325 e. The minimum atomic E-state index is -0.0909. The predicted molar refractivity (Wildman–Crippen MR) is 87.9 cm³/mol. The van der Waals surface area contributed by atoms with Gasteiger partial charge in [0.05, 0.1) is 16.6 Å². The molecule has 110 valence electrons. The Morgan fingerprint density at radius 1 is 1.10 bits per heavy atom. The van der Waals surface area contributed by atoms with E-state index < -0.39 is 0 Å². The van der Waals surface area contributed by atoms with Crippen LogP contribution in [0.3, 0.4) is 0 Å². The van der Waals surface area contributed by atoms with Gasteiger partial charge in [-0.2, -0.15) is 0 Å². The van der Waals surface area contributed by atoms with Crippen LogP contribution in [0.5, 0.6) is 0 Å². The number of carbonyl (C=O) groups excluding carboxylic acids is 1. The summed E-state index contributed by atoms with van der Waals surface area (Å²) in [6, 6.07) is 15.0. The van der Waals surface area contributed by atoms with Crippen molar-refractivity contribution in [2.75, 3.05) is 18.9 Å². The van der Waals surface area contributed by atoms with Crippen LogP contribution < -0.4 is 5.32 Å². The van der Waals surface area contributed by atoms with Crippen LogP contribution in [0.25, 0.3) is 0 Å². The summed E-state index contributed by atoms with van der Waals surface area (Å²) in [5.74, 6) is -0.0909. The number of rotatable bonds is 5. The van der Waals surface area contributed by atoms with Gasteiger partial charge in [-0.3, -0.25) is 9.69 Å². The molecule has 0 aliphatic carbocycles. The van der Waals surface area contributed by atoms with Gasteiger partial charge in [-0.15, -0.1) is 0 Å². The van der Waals surface area contributed by atoms with Crippen molar-refractivity contribution in [3.63, 3.8) is 0 Å². The first-order valence-electron chi connectivity index (χ1n) is 6.52. The second-order valence-electron chi connectivity index (χ2n) is 4.83. The number of hydrogen-bond acceptors (Lipinski definition) is 2. The smallest absolute Gasteiger partial charge is 0.238 e. The Balaban J connectivity index is 1.87. The average molecular weight is 323 g/mol. The summed E-state index contributed by atoms with van der Waals surface area (Å²) in [7, 11) is 1.90. The minimum Gasteiger partial charge on any atom is -0.325 e. The lowest BCUT2D eigenvalue weighted by atomic mass is 10.2. The Morgan fingerprint density at radius 3 is 2.48 bits per heavy atom. The van der Waals surface area contributed by atoms with Crippen molar-refractivity contribution in [2.45, 2.75) is 6.54 Å². The number of nitrogens with zero attached hydrogens (tertiary/aromatic N) is 1. The lowest BCUT2D eigenvalue weighted by Crippen LogP contribution is -2.29. The van der Waals surface area contributed by atoms with Crippen LogP contribution in [0.15, 0.2) is 48.5 Å². The molecule has 0 heterocycles. The van der Waals surface area contributed by atoms with Gasteiger partial charge in [0.25, 0.3) is 0 Å². The molecule has 0 bridgehead atoms. The van der Waals surface area contributed by atoms with Crippen molar-refractivity contribution < 1.29 is 4.79 Å². The SMILES string of the molecule is CN(CC(=O)Nc1ccc(Cl)c(Cl)c1)Cc1ccccc1. The lowest BCUT2D eigenvalue weighted by molar-refractivity contribution is -0.117. The third-order valence-electron chi connectivity index (χ3n) is 2.91. The molecule has 2 aromatic rings. The van der Waals surface area contributed by atoms with E-state index in [1.54, 1.807) is 18.2 Å². The molecule has 2 aromatic carbocycles. The summed E-state index contributed by atoms with van der Waals surface area (Å²) in [4.78, 5) is 13.9. The van der Waals surface area contributed by atoms with E-state index in [-0.39, 0.29) is 5.91 Å². The minimum absolute atomic E-state index is 0.0909. The molecule has 3 nitrogen and oxygen atoms in total. The maximum atomic E-state index is 12.0. The van der Waals surface area contributed by atoms with E-state index in [0.29, 0.717) is 22.3 Å². The number of halogens is 2. The number of likely N-dealkylation sites (N-methyl/N-ethyl adjacent to an activating group) is 1. The van der Waals surface area contributed by atoms with E-state index in [2.05, 4.69) is 5.32 Å². The van der Waals surface area contributed by atoms with Crippen LogP contribution in [0, 0.1) is 0 Å². The third-order valence-corrected chi connectivity index (χ3v) is 3.65. The zero-order valence-electron chi connectivity index (χ0n) is 11.6. The molecule has 0 saturated heterocycles. The molecule has 0 aliphatic heterocycles. The number of anilines is 1. The average Bonchev–Trinajstić information content (AvgIpc) is 2.43. The van der Waals surface area contributed by atoms with E-state index >= 15 is 0 Å². The molecular formula is C16H16Cl2N2O. The van der Waals surface area contributed by atoms with Crippen LogP contribution in [0.2, 0.25) is 10.0 Å². The van der Waals surface area contributed by atoms with E-state index in [1.165, 1.54) is 5.56 Å². The predicted octanol–water partition coefficient (Wildman–Crippen LogP) is 4.06. The van der Waals surface area contributed by atoms with Crippen molar-refractivity contribution >= 4 is 34.8 Å². The maximum absolute atomic E-state index is 12.0. The highest BCUT2D eigenvalue weighted by molar-refractivity contribution is 6.42. The summed E-state index contributed by atoms with van der Waals surface area (Å²) in [6.07, 6.45) is 0. The van der Waals surface area contributed by atoms with Crippen molar-refractivity contribution in [3.05, 3.63) is 64.1 Å². The van der Waals surface area contributed by atoms with E-state index in [9.17, 15) is 4.79 Å². The highest BCUT2D eigenvalue weighted by Crippen LogP contribution is 2.24. The Labute approximate surface area is 134 Å². The van der Waals surface area contributed by atoms with Crippen molar-refractivity contribution in [2.24, 2.45) is 0 Å². The van der Waals surface area contributed by atoms with Gasteiger partial charge in [0.1, 0.15) is 0 Å². The Bertz CT molecular complexity index is 617. The Kier molecular flexibility index (Phi) is 5.62. The molecule has 0 aliphatic rings. The molecule has 0 spiro atoms. The maximum Gasteiger partial charge on any atom is 0.238 e. The highest BCUT2D eigenvalue weighted by atomic mass is 35.5. The van der Waals surface area contributed by atoms with Gasteiger partial charge in [0.15, 0.2) is 0 Å². The normalized spacial score (nSPS) is 10.7. The summed E-state index contributed by atoms with van der Waals surface area (Å²) in [5, 5.41) is 3.69. The second kappa shape index (κ2) is 7.46. The van der Waals surface area contributed by atoms with Crippen LogP contribution in [-0.4, -0.2) is 24.4 Å². The van der Waals surface area contributed by atoms with E-state index in [1.807, 2.05) is 42.3 Å². The quantitative estimate of drug-likeness (QED) is 0.900. The molecule has 0 aromatic heterocycles. The van der Waals surface area contributed by atoms with Gasteiger partial charge < -0.3 is 5.32 Å². The number of amides is 1. The molecule has 21 heavy (non-hydrogen) atoms. The van der Waals surface area contributed by atoms with E-state index in [4.69, 9.17) is 23.2 Å². The topological polar surface area (TPSA) is 32.3 Å². The van der Waals surface area contributed by atoms with E-state index in [0.717, 1.165) is 6.54 Å². The van der Waals surface area contributed by atoms with Crippen LogP contribution in [-0.2, 0) is 11.3 Å². The van der Waals surface area contributed by atoms with Gasteiger partial charge in [-0.05, 0) is 30.8 Å². The first-order chi connectivity index (χ1) is 10.0. The van der Waals surface area contributed by atoms with Gasteiger partial charge in [-0.1, -0.05) is 53.5 Å². The fraction of sp³-hybridized carbons (Fsp3) is 0.188. The molecular weight excluding hydrogens is 307 g/mol. The van der Waals surface area contributed by atoms with Crippen molar-refractivity contribution in [3.8, 4) is 0 Å². The molecule has 0 fully saturated rings. The zero-order valence-corrected chi connectivity index (χ0v) is 13.2. The monoisotopic (exact) mass is 322 g/mol. The molecule has 0 atom stereocenters. The Morgan fingerprint density at radius 2 is 1.81 bits per heavy atom. The fourth-order valence-corrected chi connectivity index (χ4v) is 2.27. The number of nitrogens with one attached hydrogen (secondary N) is 1. The van der Waals surface area contributed by atoms with Gasteiger partial charge in [0, 0.05) is 12.2 Å². The summed E-state index contributed by atoms with van der Waals surface area (Å²) in [5.41, 5.74) is 1.81. The lowest BCUT2D eigenvalue weighted by Gasteiger charge is -2.16. The number of carbonyl (C=O) groups is 1. The van der Waals surface area contributed by atoms with Gasteiger partial charge in [0.2, 0.25) is 5.91 Å². The second-order valence-corrected chi connectivity index (χ2v) is 5.65. The van der Waals surface area contributed by atoms with Crippen LogP contribution in [0.1, 0.15) is 5.56 Å². The summed E-state index contributed by atoms with van der Waals surface area (Å²) >= 11 is 11.8. The molecule has 5 heteroatoms. The van der Waals surface area contributed by atoms with Gasteiger partial charge >= 0.3 is 0 Å². The fourth-order valence-electron chi connectivity index (χ4n) is 1.97. The van der Waals surface area contributed by atoms with Crippen LogP contribution >= 0.6 is 23.2 Å². The third kappa shape index (κ3) is 5.05. The molecule has 1 N–H and O–H groups in total. The summed E-state index contributed by atoms with van der Waals surface area (Å²) < 4.78 is 0. The molecule has 0 radical (unpaired) electrons. The Hall–Kier alpha value is -1.55. The molecule has 1 amide bonds. The van der Waals surface area contributed by atoms with Crippen molar-refractivity contribution in [1.29, 1.82) is 0 Å². The van der Waals surface area contributed by atoms with Gasteiger partial charge in [-0.25, -0.2) is 0 Å². The number of hydrogen-bond donors (Lipinski definition) is 1. The number of benzene rings is 2.